The largest absolute Gasteiger partial charge is 0.496 e. The van der Waals surface area contributed by atoms with Gasteiger partial charge in [-0.2, -0.15) is 0 Å². The number of aryl methyl sites for hydroxylation is 2. The molecule has 1 fully saturated rings. The van der Waals surface area contributed by atoms with Gasteiger partial charge in [0.1, 0.15) is 5.75 Å². The Hall–Kier alpha value is -1.06. The summed E-state index contributed by atoms with van der Waals surface area (Å²) in [6.45, 7) is 4.24. The highest BCUT2D eigenvalue weighted by Gasteiger charge is 2.48. The van der Waals surface area contributed by atoms with Crippen molar-refractivity contribution in [2.24, 2.45) is 11.1 Å². The van der Waals surface area contributed by atoms with E-state index in [0.717, 1.165) is 29.7 Å². The molecule has 0 amide bonds. The molecule has 3 heteroatoms. The summed E-state index contributed by atoms with van der Waals surface area (Å²) >= 11 is 0. The van der Waals surface area contributed by atoms with Gasteiger partial charge in [-0.05, 0) is 32.3 Å². The van der Waals surface area contributed by atoms with Crippen molar-refractivity contribution in [2.45, 2.75) is 32.7 Å². The second kappa shape index (κ2) is 4.31. The number of methoxy groups -OCH3 is 1. The number of benzene rings is 1. The lowest BCUT2D eigenvalue weighted by Gasteiger charge is -2.24. The van der Waals surface area contributed by atoms with Crippen molar-refractivity contribution < 1.29 is 9.84 Å². The number of rotatable bonds is 4. The Bertz CT molecular complexity index is 424. The highest BCUT2D eigenvalue weighted by atomic mass is 16.5. The van der Waals surface area contributed by atoms with Crippen LogP contribution in [0.2, 0.25) is 0 Å². The van der Waals surface area contributed by atoms with Crippen molar-refractivity contribution in [3.8, 4) is 5.75 Å². The summed E-state index contributed by atoms with van der Waals surface area (Å²) in [6.07, 6.45) is 2.00. The van der Waals surface area contributed by atoms with Gasteiger partial charge in [0.25, 0.3) is 0 Å². The summed E-state index contributed by atoms with van der Waals surface area (Å²) in [5.74, 6) is 0.864. The van der Waals surface area contributed by atoms with Crippen LogP contribution in [-0.2, 0) is 0 Å². The number of nitrogens with two attached hydrogens (primary N) is 1. The molecule has 1 aromatic rings. The summed E-state index contributed by atoms with van der Waals surface area (Å²) in [5.41, 5.74) is 9.51. The van der Waals surface area contributed by atoms with Crippen LogP contribution in [0.4, 0.5) is 0 Å². The summed E-state index contributed by atoms with van der Waals surface area (Å²) < 4.78 is 5.46. The summed E-state index contributed by atoms with van der Waals surface area (Å²) in [4.78, 5) is 0. The van der Waals surface area contributed by atoms with E-state index < -0.39 is 0 Å². The van der Waals surface area contributed by atoms with Gasteiger partial charge < -0.3 is 15.6 Å². The summed E-state index contributed by atoms with van der Waals surface area (Å²) in [6, 6.07) is 4.03. The SMILES string of the molecule is COc1c(C)cc(C)cc1C(N)C1(CO)CC1. The molecule has 94 valence electrons. The molecule has 0 aliphatic heterocycles. The lowest BCUT2D eigenvalue weighted by atomic mass is 9.89. The molecule has 0 radical (unpaired) electrons. The van der Waals surface area contributed by atoms with E-state index in [1.165, 1.54) is 5.56 Å². The predicted molar refractivity (Wildman–Crippen MR) is 68.1 cm³/mol. The van der Waals surface area contributed by atoms with Gasteiger partial charge in [0.05, 0.1) is 13.7 Å². The van der Waals surface area contributed by atoms with E-state index in [4.69, 9.17) is 10.5 Å². The van der Waals surface area contributed by atoms with Crippen LogP contribution in [-0.4, -0.2) is 18.8 Å². The third-order valence-corrected chi connectivity index (χ3v) is 3.85. The van der Waals surface area contributed by atoms with Crippen LogP contribution >= 0.6 is 0 Å². The van der Waals surface area contributed by atoms with E-state index in [1.807, 2.05) is 6.92 Å². The highest BCUT2D eigenvalue weighted by Crippen LogP contribution is 2.54. The van der Waals surface area contributed by atoms with Crippen molar-refractivity contribution in [1.29, 1.82) is 0 Å². The van der Waals surface area contributed by atoms with E-state index in [9.17, 15) is 5.11 Å². The molecule has 0 aromatic heterocycles. The van der Waals surface area contributed by atoms with Crippen molar-refractivity contribution >= 4 is 0 Å². The first kappa shape index (κ1) is 12.4. The van der Waals surface area contributed by atoms with Crippen LogP contribution in [0.3, 0.4) is 0 Å². The van der Waals surface area contributed by atoms with Gasteiger partial charge in [0.15, 0.2) is 0 Å². The van der Waals surface area contributed by atoms with Gasteiger partial charge in [-0.3, -0.25) is 0 Å². The monoisotopic (exact) mass is 235 g/mol. The molecule has 3 nitrogen and oxygen atoms in total. The zero-order chi connectivity index (χ0) is 12.6. The quantitative estimate of drug-likeness (QED) is 0.840. The van der Waals surface area contributed by atoms with Crippen molar-refractivity contribution in [2.75, 3.05) is 13.7 Å². The molecule has 0 saturated heterocycles. The number of aliphatic hydroxyl groups is 1. The van der Waals surface area contributed by atoms with Gasteiger partial charge in [0.2, 0.25) is 0 Å². The Morgan fingerprint density at radius 1 is 1.41 bits per heavy atom. The number of ether oxygens (including phenoxy) is 1. The van der Waals surface area contributed by atoms with E-state index in [1.54, 1.807) is 7.11 Å². The first-order chi connectivity index (χ1) is 8.04. The van der Waals surface area contributed by atoms with Gasteiger partial charge in [-0.15, -0.1) is 0 Å². The Labute approximate surface area is 103 Å². The molecule has 1 aliphatic carbocycles. The predicted octanol–water partition coefficient (Wildman–Crippen LogP) is 2.08. The van der Waals surface area contributed by atoms with Crippen molar-refractivity contribution in [3.05, 3.63) is 28.8 Å². The standard InChI is InChI=1S/C14H21NO2/c1-9-6-10(2)12(17-3)11(7-9)13(15)14(8-16)4-5-14/h6-7,13,16H,4-5,8,15H2,1-3H3. The second-order valence-electron chi connectivity index (χ2n) is 5.20. The Kier molecular flexibility index (Phi) is 3.15. The lowest BCUT2D eigenvalue weighted by molar-refractivity contribution is 0.186. The Morgan fingerprint density at radius 2 is 2.06 bits per heavy atom. The molecule has 1 saturated carbocycles. The van der Waals surface area contributed by atoms with Crippen LogP contribution in [0.1, 0.15) is 35.6 Å². The molecule has 0 bridgehead atoms. The maximum Gasteiger partial charge on any atom is 0.126 e. The third-order valence-electron chi connectivity index (χ3n) is 3.85. The van der Waals surface area contributed by atoms with Crippen molar-refractivity contribution in [3.63, 3.8) is 0 Å². The third kappa shape index (κ3) is 2.05. The Balaban J connectivity index is 2.43. The van der Waals surface area contributed by atoms with Crippen LogP contribution in [0, 0.1) is 19.3 Å². The first-order valence-corrected chi connectivity index (χ1v) is 6.05. The highest BCUT2D eigenvalue weighted by molar-refractivity contribution is 5.46. The molecule has 3 N–H and O–H groups in total. The van der Waals surface area contributed by atoms with Gasteiger partial charge in [0, 0.05) is 17.0 Å². The van der Waals surface area contributed by atoms with Gasteiger partial charge in [-0.25, -0.2) is 0 Å². The van der Waals surface area contributed by atoms with Crippen LogP contribution < -0.4 is 10.5 Å². The van der Waals surface area contributed by atoms with E-state index in [0.29, 0.717) is 0 Å². The maximum atomic E-state index is 9.47. The molecular weight excluding hydrogens is 214 g/mol. The van der Waals surface area contributed by atoms with Crippen LogP contribution in [0.15, 0.2) is 12.1 Å². The van der Waals surface area contributed by atoms with Crippen LogP contribution in [0.5, 0.6) is 5.75 Å². The van der Waals surface area contributed by atoms with E-state index in [2.05, 4.69) is 19.1 Å². The zero-order valence-corrected chi connectivity index (χ0v) is 10.8. The molecule has 0 heterocycles. The molecule has 1 aromatic carbocycles. The minimum absolute atomic E-state index is 0.118. The molecule has 1 aliphatic rings. The molecule has 1 unspecified atom stereocenters. The minimum Gasteiger partial charge on any atom is -0.496 e. The second-order valence-corrected chi connectivity index (χ2v) is 5.20. The van der Waals surface area contributed by atoms with E-state index >= 15 is 0 Å². The molecule has 2 rings (SSSR count). The average Bonchev–Trinajstić information content (AvgIpc) is 3.08. The van der Waals surface area contributed by atoms with Crippen molar-refractivity contribution in [1.82, 2.24) is 0 Å². The van der Waals surface area contributed by atoms with Gasteiger partial charge >= 0.3 is 0 Å². The normalized spacial score (nSPS) is 18.9. The molecule has 17 heavy (non-hydrogen) atoms. The van der Waals surface area contributed by atoms with E-state index in [-0.39, 0.29) is 18.1 Å². The topological polar surface area (TPSA) is 55.5 Å². The fourth-order valence-corrected chi connectivity index (χ4v) is 2.55. The van der Waals surface area contributed by atoms with Gasteiger partial charge in [-0.1, -0.05) is 17.7 Å². The summed E-state index contributed by atoms with van der Waals surface area (Å²) in [7, 11) is 1.67. The maximum absolute atomic E-state index is 9.47. The molecule has 1 atom stereocenters. The molecular formula is C14H21NO2. The fraction of sp³-hybridized carbons (Fsp3) is 0.571. The zero-order valence-electron chi connectivity index (χ0n) is 10.8. The number of hydrogen-bond acceptors (Lipinski definition) is 3. The van der Waals surface area contributed by atoms with Crippen LogP contribution in [0.25, 0.3) is 0 Å². The molecule has 0 spiro atoms. The smallest absolute Gasteiger partial charge is 0.126 e. The average molecular weight is 235 g/mol. The number of hydrogen-bond donors (Lipinski definition) is 2. The minimum atomic E-state index is -0.138. The Morgan fingerprint density at radius 3 is 2.53 bits per heavy atom. The number of aliphatic hydroxyl groups excluding tert-OH is 1. The lowest BCUT2D eigenvalue weighted by Crippen LogP contribution is -2.26. The summed E-state index contributed by atoms with van der Waals surface area (Å²) in [5, 5.41) is 9.47. The fourth-order valence-electron chi connectivity index (χ4n) is 2.55. The first-order valence-electron chi connectivity index (χ1n) is 6.05.